The number of pyridine rings is 2. The number of ether oxygens (including phenoxy) is 1. The summed E-state index contributed by atoms with van der Waals surface area (Å²) in [6.45, 7) is 2.15. The summed E-state index contributed by atoms with van der Waals surface area (Å²) in [6, 6.07) is 11.2. The van der Waals surface area contributed by atoms with E-state index in [0.717, 1.165) is 73.9 Å². The molecule has 0 bridgehead atoms. The summed E-state index contributed by atoms with van der Waals surface area (Å²) in [4.78, 5) is 38.9. The number of piperidine rings is 1. The molecule has 1 saturated heterocycles. The smallest absolute Gasteiger partial charge is 0.248 e. The Morgan fingerprint density at radius 3 is 2.62 bits per heavy atom. The molecule has 2 aliphatic rings. The number of primary amides is 1. The number of fused-ring (bicyclic) bond motifs is 3. The molecule has 1 aliphatic heterocycles. The van der Waals surface area contributed by atoms with Gasteiger partial charge < -0.3 is 20.4 Å². The number of aromatic nitrogens is 3. The lowest BCUT2D eigenvalue weighted by molar-refractivity contribution is -0.134. The highest BCUT2D eigenvalue weighted by Gasteiger charge is 2.29. The van der Waals surface area contributed by atoms with Crippen LogP contribution < -0.4 is 10.5 Å². The highest BCUT2D eigenvalue weighted by atomic mass is 16.5. The van der Waals surface area contributed by atoms with Gasteiger partial charge in [0.05, 0.1) is 18.3 Å². The average Bonchev–Trinajstić information content (AvgIpc) is 3.46. The summed E-state index contributed by atoms with van der Waals surface area (Å²) in [7, 11) is 0. The van der Waals surface area contributed by atoms with Crippen LogP contribution in [0.5, 0.6) is 5.75 Å². The van der Waals surface area contributed by atoms with Gasteiger partial charge in [-0.15, -0.1) is 0 Å². The van der Waals surface area contributed by atoms with Gasteiger partial charge in [0.1, 0.15) is 11.4 Å². The van der Waals surface area contributed by atoms with Crippen LogP contribution in [0, 0.1) is 11.8 Å². The van der Waals surface area contributed by atoms with Crippen LogP contribution in [-0.2, 0) is 4.79 Å². The van der Waals surface area contributed by atoms with E-state index in [1.807, 2.05) is 23.5 Å². The molecule has 202 valence electrons. The number of hydrogen-bond donors (Lipinski definition) is 2. The second kappa shape index (κ2) is 11.0. The zero-order valence-electron chi connectivity index (χ0n) is 22.1. The maximum Gasteiger partial charge on any atom is 0.248 e. The van der Waals surface area contributed by atoms with Crippen molar-refractivity contribution in [3.63, 3.8) is 0 Å². The van der Waals surface area contributed by atoms with Crippen LogP contribution in [-0.4, -0.2) is 51.4 Å². The summed E-state index contributed by atoms with van der Waals surface area (Å²) in [5.41, 5.74) is 8.99. The van der Waals surface area contributed by atoms with Crippen LogP contribution in [0.1, 0.15) is 66.8 Å². The maximum absolute atomic E-state index is 13.3. The predicted octanol–water partition coefficient (Wildman–Crippen LogP) is 5.19. The molecule has 4 heterocycles. The second-order valence-electron chi connectivity index (χ2n) is 11.1. The largest absolute Gasteiger partial charge is 0.493 e. The molecule has 6 rings (SSSR count). The van der Waals surface area contributed by atoms with Crippen molar-refractivity contribution in [2.45, 2.75) is 50.9 Å². The van der Waals surface area contributed by atoms with Crippen molar-refractivity contribution < 1.29 is 14.3 Å². The van der Waals surface area contributed by atoms with Gasteiger partial charge >= 0.3 is 0 Å². The number of hydrogen-bond acceptors (Lipinski definition) is 5. The van der Waals surface area contributed by atoms with Crippen LogP contribution in [0.2, 0.25) is 0 Å². The van der Waals surface area contributed by atoms with Gasteiger partial charge in [-0.1, -0.05) is 0 Å². The lowest BCUT2D eigenvalue weighted by Gasteiger charge is -2.35. The topological polar surface area (TPSA) is 114 Å². The number of likely N-dealkylation sites (tertiary alicyclic amines) is 1. The molecular formula is C31H35N5O3. The minimum atomic E-state index is -0.446. The number of nitrogens with zero attached hydrogens (tertiary/aromatic N) is 3. The van der Waals surface area contributed by atoms with Crippen molar-refractivity contribution in [2.24, 2.45) is 17.6 Å². The molecule has 1 atom stereocenters. The molecule has 2 amide bonds. The summed E-state index contributed by atoms with van der Waals surface area (Å²) >= 11 is 0. The Balaban J connectivity index is 1.02. The van der Waals surface area contributed by atoms with Gasteiger partial charge in [0, 0.05) is 54.2 Å². The lowest BCUT2D eigenvalue weighted by Crippen LogP contribution is -2.42. The van der Waals surface area contributed by atoms with Gasteiger partial charge in [0.25, 0.3) is 0 Å². The van der Waals surface area contributed by atoms with Crippen LogP contribution in [0.15, 0.2) is 55.0 Å². The number of carbonyl (C=O) groups is 2. The molecule has 1 saturated carbocycles. The first-order valence-electron chi connectivity index (χ1n) is 14.1. The molecule has 1 aromatic carbocycles. The number of nitrogens with two attached hydrogens (primary N) is 1. The molecule has 8 nitrogen and oxygen atoms in total. The lowest BCUT2D eigenvalue weighted by atomic mass is 9.76. The fourth-order valence-corrected chi connectivity index (χ4v) is 6.43. The van der Waals surface area contributed by atoms with Crippen LogP contribution in [0.25, 0.3) is 21.9 Å². The van der Waals surface area contributed by atoms with Crippen LogP contribution in [0.3, 0.4) is 0 Å². The van der Waals surface area contributed by atoms with Gasteiger partial charge in [-0.3, -0.25) is 14.6 Å². The van der Waals surface area contributed by atoms with E-state index in [-0.39, 0.29) is 5.91 Å². The van der Waals surface area contributed by atoms with E-state index in [4.69, 9.17) is 10.5 Å². The molecule has 1 aliphatic carbocycles. The Hall–Kier alpha value is -3.94. The zero-order chi connectivity index (χ0) is 26.8. The van der Waals surface area contributed by atoms with E-state index in [9.17, 15) is 9.59 Å². The molecular weight excluding hydrogens is 490 g/mol. The molecule has 2 fully saturated rings. The van der Waals surface area contributed by atoms with E-state index < -0.39 is 5.91 Å². The molecule has 1 unspecified atom stereocenters. The van der Waals surface area contributed by atoms with E-state index >= 15 is 0 Å². The molecule has 3 N–H and O–H groups in total. The van der Waals surface area contributed by atoms with Gasteiger partial charge in [-0.25, -0.2) is 4.98 Å². The van der Waals surface area contributed by atoms with Crippen molar-refractivity contribution in [3.05, 3.63) is 66.1 Å². The fraction of sp³-hybridized carbons (Fsp3) is 0.419. The van der Waals surface area contributed by atoms with Gasteiger partial charge in [-0.05, 0) is 92.3 Å². The average molecular weight is 526 g/mol. The zero-order valence-corrected chi connectivity index (χ0v) is 22.1. The summed E-state index contributed by atoms with van der Waals surface area (Å²) in [5, 5.41) is 2.35. The Kier molecular flexibility index (Phi) is 7.18. The fourth-order valence-electron chi connectivity index (χ4n) is 6.43. The third-order valence-corrected chi connectivity index (χ3v) is 8.57. The van der Waals surface area contributed by atoms with Crippen molar-refractivity contribution >= 4 is 33.8 Å². The Morgan fingerprint density at radius 1 is 1.00 bits per heavy atom. The molecule has 39 heavy (non-hydrogen) atoms. The third-order valence-electron chi connectivity index (χ3n) is 8.57. The number of benzene rings is 1. The molecule has 4 aromatic rings. The molecule has 8 heteroatoms. The standard InChI is InChI=1S/C31H35N5O3/c32-30(38)23-7-9-24(10-8-23)39-19-21-2-1-15-36(18-21)28(37)16-20-3-5-22(6-4-20)25-11-13-33-27-17-35-31-26(29(25)27)12-14-34-31/h7-14,17,20-22H,1-6,15-16,18-19H2,(H2,32,38)(H,34,35). The first-order chi connectivity index (χ1) is 19.0. The monoisotopic (exact) mass is 525 g/mol. The van der Waals surface area contributed by atoms with E-state index in [1.165, 1.54) is 10.9 Å². The quantitative estimate of drug-likeness (QED) is 0.345. The van der Waals surface area contributed by atoms with Crippen molar-refractivity contribution in [3.8, 4) is 5.75 Å². The highest BCUT2D eigenvalue weighted by Crippen LogP contribution is 2.41. The third kappa shape index (κ3) is 5.46. The number of nitrogens with one attached hydrogen (secondary N) is 1. The SMILES string of the molecule is NC(=O)c1ccc(OCC2CCCN(C(=O)CC3CCC(c4ccnc5cnc6[nH]ccc6c45)CC3)C2)cc1. The first-order valence-corrected chi connectivity index (χ1v) is 14.1. The number of rotatable bonds is 7. The van der Waals surface area contributed by atoms with Crippen LogP contribution in [0.4, 0.5) is 0 Å². The number of aromatic amines is 1. The highest BCUT2D eigenvalue weighted by molar-refractivity contribution is 6.05. The molecule has 0 spiro atoms. The number of H-pyrrole nitrogens is 1. The minimum Gasteiger partial charge on any atom is -0.493 e. The Labute approximate surface area is 227 Å². The first kappa shape index (κ1) is 25.3. The Morgan fingerprint density at radius 2 is 1.82 bits per heavy atom. The van der Waals surface area contributed by atoms with Gasteiger partial charge in [0.2, 0.25) is 11.8 Å². The van der Waals surface area contributed by atoms with Crippen molar-refractivity contribution in [1.29, 1.82) is 0 Å². The van der Waals surface area contributed by atoms with Crippen molar-refractivity contribution in [2.75, 3.05) is 19.7 Å². The normalized spacial score (nSPS) is 21.7. The predicted molar refractivity (Wildman–Crippen MR) is 150 cm³/mol. The minimum absolute atomic E-state index is 0.281. The van der Waals surface area contributed by atoms with Gasteiger partial charge in [0.15, 0.2) is 0 Å². The van der Waals surface area contributed by atoms with Crippen molar-refractivity contribution in [1.82, 2.24) is 19.9 Å². The number of carbonyl (C=O) groups excluding carboxylic acids is 2. The summed E-state index contributed by atoms with van der Waals surface area (Å²) < 4.78 is 5.96. The summed E-state index contributed by atoms with van der Waals surface area (Å²) in [6.07, 6.45) is 12.7. The van der Waals surface area contributed by atoms with Gasteiger partial charge in [-0.2, -0.15) is 0 Å². The van der Waals surface area contributed by atoms with E-state index in [0.29, 0.717) is 36.3 Å². The van der Waals surface area contributed by atoms with E-state index in [1.54, 1.807) is 24.3 Å². The van der Waals surface area contributed by atoms with E-state index in [2.05, 4.69) is 27.1 Å². The number of amides is 2. The molecule has 0 radical (unpaired) electrons. The second-order valence-corrected chi connectivity index (χ2v) is 11.1. The maximum atomic E-state index is 13.3. The summed E-state index contributed by atoms with van der Waals surface area (Å²) in [5.74, 6) is 1.79. The van der Waals surface area contributed by atoms with Crippen LogP contribution >= 0.6 is 0 Å². The molecule has 3 aromatic heterocycles. The Bertz CT molecular complexity index is 1470.